The summed E-state index contributed by atoms with van der Waals surface area (Å²) in [6.45, 7) is 8.76. The van der Waals surface area contributed by atoms with Gasteiger partial charge in [-0.15, -0.1) is 5.75 Å². The minimum Gasteiger partial charge on any atom is -1.00 e. The Labute approximate surface area is 171 Å². The largest absolute Gasteiger partial charge is 2.00 e. The average Bonchev–Trinajstić information content (AvgIpc) is 2.50. The molecule has 0 saturated heterocycles. The number of amides is 1. The Morgan fingerprint density at radius 3 is 2.04 bits per heavy atom. The molecule has 0 bridgehead atoms. The number of carbonyl (C=O) groups is 1. The van der Waals surface area contributed by atoms with Crippen LogP contribution in [0.2, 0.25) is 0 Å². The first kappa shape index (κ1) is 23.6. The molecular formula is C19H22ClMgNO3. The SMILES string of the molecule is CCN(CC)C(=O)Oc1cccc(C)c1-c1c(C)cccc1[O-].[Cl-].[Mg+2]. The molecule has 0 fully saturated rings. The summed E-state index contributed by atoms with van der Waals surface area (Å²) in [6, 6.07) is 10.6. The summed E-state index contributed by atoms with van der Waals surface area (Å²) in [5, 5.41) is 12.3. The summed E-state index contributed by atoms with van der Waals surface area (Å²) in [4.78, 5) is 13.9. The molecule has 0 aliphatic heterocycles. The first-order valence-electron chi connectivity index (χ1n) is 7.82. The van der Waals surface area contributed by atoms with Crippen molar-refractivity contribution in [3.05, 3.63) is 47.5 Å². The van der Waals surface area contributed by atoms with Gasteiger partial charge < -0.3 is 27.2 Å². The second-order valence-electron chi connectivity index (χ2n) is 5.44. The van der Waals surface area contributed by atoms with Gasteiger partial charge in [0, 0.05) is 18.7 Å². The molecule has 4 nitrogen and oxygen atoms in total. The van der Waals surface area contributed by atoms with Crippen molar-refractivity contribution in [2.45, 2.75) is 27.7 Å². The van der Waals surface area contributed by atoms with Crippen molar-refractivity contribution in [2.24, 2.45) is 0 Å². The predicted octanol–water partition coefficient (Wildman–Crippen LogP) is 0.508. The molecule has 0 unspecified atom stereocenters. The molecule has 0 saturated carbocycles. The Morgan fingerprint density at radius 1 is 1.00 bits per heavy atom. The number of ether oxygens (including phenoxy) is 1. The third-order valence-corrected chi connectivity index (χ3v) is 3.94. The third kappa shape index (κ3) is 5.27. The van der Waals surface area contributed by atoms with Crippen LogP contribution in [0.3, 0.4) is 0 Å². The standard InChI is InChI=1S/C19H23NO3.ClH.Mg/c1-5-20(6-2)19(22)23-16-12-8-10-14(4)18(16)17-13(3)9-7-11-15(17)21;;/h7-12,21H,5-6H2,1-4H3;1H;/q;;+2/p-2. The maximum Gasteiger partial charge on any atom is 2.00 e. The van der Waals surface area contributed by atoms with Crippen molar-refractivity contribution in [1.29, 1.82) is 0 Å². The number of hydrogen-bond donors (Lipinski definition) is 0. The van der Waals surface area contributed by atoms with Gasteiger partial charge >= 0.3 is 29.1 Å². The zero-order chi connectivity index (χ0) is 17.0. The Balaban J connectivity index is 0.00000288. The Kier molecular flexibility index (Phi) is 9.93. The second-order valence-corrected chi connectivity index (χ2v) is 5.44. The molecule has 1 amide bonds. The van der Waals surface area contributed by atoms with Gasteiger partial charge in [-0.05, 0) is 50.5 Å². The van der Waals surface area contributed by atoms with Gasteiger partial charge in [-0.1, -0.05) is 30.3 Å². The molecule has 6 heteroatoms. The quantitative estimate of drug-likeness (QED) is 0.735. The van der Waals surface area contributed by atoms with Crippen LogP contribution in [-0.2, 0) is 0 Å². The molecule has 25 heavy (non-hydrogen) atoms. The van der Waals surface area contributed by atoms with E-state index >= 15 is 0 Å². The molecule has 0 aliphatic rings. The first-order valence-corrected chi connectivity index (χ1v) is 7.82. The molecule has 0 radical (unpaired) electrons. The zero-order valence-electron chi connectivity index (χ0n) is 15.1. The van der Waals surface area contributed by atoms with E-state index < -0.39 is 6.09 Å². The normalized spacial score (nSPS) is 9.60. The monoisotopic (exact) mass is 371 g/mol. The van der Waals surface area contributed by atoms with Gasteiger partial charge in [0.25, 0.3) is 0 Å². The summed E-state index contributed by atoms with van der Waals surface area (Å²) in [6.07, 6.45) is -0.400. The van der Waals surface area contributed by atoms with Crippen molar-refractivity contribution in [1.82, 2.24) is 4.90 Å². The van der Waals surface area contributed by atoms with E-state index in [2.05, 4.69) is 0 Å². The fraction of sp³-hybridized carbons (Fsp3) is 0.316. The summed E-state index contributed by atoms with van der Waals surface area (Å²) in [5.41, 5.74) is 3.05. The van der Waals surface area contributed by atoms with Gasteiger partial charge in [0.05, 0.1) is 0 Å². The Morgan fingerprint density at radius 2 is 1.52 bits per heavy atom. The van der Waals surface area contributed by atoms with E-state index in [0.29, 0.717) is 30.0 Å². The van der Waals surface area contributed by atoms with Crippen LogP contribution in [0.5, 0.6) is 11.5 Å². The number of nitrogens with zero attached hydrogens (tertiary/aromatic N) is 1. The van der Waals surface area contributed by atoms with Crippen LogP contribution in [0.15, 0.2) is 36.4 Å². The van der Waals surface area contributed by atoms with Gasteiger partial charge in [0.1, 0.15) is 5.75 Å². The number of carbonyl (C=O) groups excluding carboxylic acids is 1. The van der Waals surface area contributed by atoms with Crippen LogP contribution in [-0.4, -0.2) is 47.1 Å². The number of halogens is 1. The van der Waals surface area contributed by atoms with Crippen molar-refractivity contribution >= 4 is 29.1 Å². The number of hydrogen-bond acceptors (Lipinski definition) is 3. The summed E-state index contributed by atoms with van der Waals surface area (Å²) >= 11 is 0. The van der Waals surface area contributed by atoms with Crippen molar-refractivity contribution < 1.29 is 27.0 Å². The van der Waals surface area contributed by atoms with E-state index in [9.17, 15) is 9.90 Å². The molecule has 0 N–H and O–H groups in total. The summed E-state index contributed by atoms with van der Waals surface area (Å²) in [7, 11) is 0. The fourth-order valence-corrected chi connectivity index (χ4v) is 2.65. The third-order valence-electron chi connectivity index (χ3n) is 3.94. The average molecular weight is 372 g/mol. The van der Waals surface area contributed by atoms with Gasteiger partial charge in [-0.2, -0.15) is 0 Å². The van der Waals surface area contributed by atoms with Gasteiger partial charge in [-0.25, -0.2) is 4.79 Å². The molecule has 2 aromatic carbocycles. The predicted molar refractivity (Wildman–Crippen MR) is 95.5 cm³/mol. The minimum atomic E-state index is -0.400. The second kappa shape index (κ2) is 10.5. The molecule has 0 spiro atoms. The van der Waals surface area contributed by atoms with Gasteiger partial charge in [-0.3, -0.25) is 0 Å². The summed E-state index contributed by atoms with van der Waals surface area (Å²) < 4.78 is 5.58. The van der Waals surface area contributed by atoms with Crippen LogP contribution in [0.25, 0.3) is 11.1 Å². The summed E-state index contributed by atoms with van der Waals surface area (Å²) in [5.74, 6) is 0.354. The molecule has 0 atom stereocenters. The molecule has 0 aliphatic carbocycles. The molecule has 0 heterocycles. The van der Waals surface area contributed by atoms with Crippen LogP contribution < -0.4 is 22.3 Å². The van der Waals surface area contributed by atoms with Crippen LogP contribution >= 0.6 is 0 Å². The van der Waals surface area contributed by atoms with E-state index in [-0.39, 0.29) is 41.2 Å². The van der Waals surface area contributed by atoms with Crippen LogP contribution in [0.4, 0.5) is 4.79 Å². The van der Waals surface area contributed by atoms with E-state index in [1.807, 2.05) is 45.9 Å². The van der Waals surface area contributed by atoms with E-state index in [1.54, 1.807) is 17.0 Å². The van der Waals surface area contributed by atoms with Crippen LogP contribution in [0.1, 0.15) is 25.0 Å². The first-order chi connectivity index (χ1) is 11.0. The van der Waals surface area contributed by atoms with E-state index in [0.717, 1.165) is 11.1 Å². The van der Waals surface area contributed by atoms with Crippen molar-refractivity contribution in [3.63, 3.8) is 0 Å². The van der Waals surface area contributed by atoms with E-state index in [1.165, 1.54) is 6.07 Å². The Bertz CT molecular complexity index is 698. The maximum absolute atomic E-state index is 12.3. The fourth-order valence-electron chi connectivity index (χ4n) is 2.65. The van der Waals surface area contributed by atoms with Gasteiger partial charge in [0.2, 0.25) is 0 Å². The molecule has 2 rings (SSSR count). The molecule has 130 valence electrons. The number of rotatable bonds is 4. The number of benzene rings is 2. The van der Waals surface area contributed by atoms with Gasteiger partial charge in [0.15, 0.2) is 0 Å². The molecular weight excluding hydrogens is 350 g/mol. The Hall–Kier alpha value is -1.43. The zero-order valence-corrected chi connectivity index (χ0v) is 17.3. The topological polar surface area (TPSA) is 52.6 Å². The number of aryl methyl sites for hydroxylation is 2. The smallest absolute Gasteiger partial charge is 1.00 e. The molecule has 2 aromatic rings. The van der Waals surface area contributed by atoms with Crippen LogP contribution in [0, 0.1) is 13.8 Å². The van der Waals surface area contributed by atoms with E-state index in [4.69, 9.17) is 4.74 Å². The minimum absolute atomic E-state index is 0. The molecule has 0 aromatic heterocycles. The maximum atomic E-state index is 12.3. The van der Waals surface area contributed by atoms with Crippen molar-refractivity contribution in [3.8, 4) is 22.6 Å². The van der Waals surface area contributed by atoms with Crippen molar-refractivity contribution in [2.75, 3.05) is 13.1 Å².